The Labute approximate surface area is 165 Å². The summed E-state index contributed by atoms with van der Waals surface area (Å²) in [5.41, 5.74) is 1.44. The minimum absolute atomic E-state index is 0.151. The number of ether oxygens (including phenoxy) is 1. The van der Waals surface area contributed by atoms with E-state index in [1.165, 1.54) is 18.7 Å². The number of para-hydroxylation sites is 2. The molecule has 2 N–H and O–H groups in total. The number of rotatable bonds is 6. The Morgan fingerprint density at radius 3 is 2.61 bits per heavy atom. The molecule has 0 spiro atoms. The van der Waals surface area contributed by atoms with Crippen LogP contribution >= 0.6 is 11.8 Å². The van der Waals surface area contributed by atoms with E-state index in [4.69, 9.17) is 4.74 Å². The van der Waals surface area contributed by atoms with Crippen LogP contribution in [-0.2, 0) is 19.1 Å². The first-order valence-corrected chi connectivity index (χ1v) is 9.44. The summed E-state index contributed by atoms with van der Waals surface area (Å²) in [7, 11) is 0. The van der Waals surface area contributed by atoms with E-state index in [2.05, 4.69) is 10.6 Å². The lowest BCUT2D eigenvalue weighted by molar-refractivity contribution is -0.147. The van der Waals surface area contributed by atoms with Crippen LogP contribution < -0.4 is 10.6 Å². The number of esters is 1. The van der Waals surface area contributed by atoms with E-state index < -0.39 is 23.7 Å². The van der Waals surface area contributed by atoms with Crippen LogP contribution in [0.4, 0.5) is 11.4 Å². The van der Waals surface area contributed by atoms with Gasteiger partial charge in [-0.25, -0.2) is 0 Å². The number of ketones is 1. The molecule has 0 fully saturated rings. The van der Waals surface area contributed by atoms with Gasteiger partial charge in [-0.2, -0.15) is 0 Å². The first-order valence-electron chi connectivity index (χ1n) is 8.56. The van der Waals surface area contributed by atoms with Gasteiger partial charge in [0.2, 0.25) is 5.91 Å². The molecular formula is C20H18N2O5S. The molecule has 7 nitrogen and oxygen atoms in total. The summed E-state index contributed by atoms with van der Waals surface area (Å²) in [6.45, 7) is 0.900. The van der Waals surface area contributed by atoms with E-state index in [0.29, 0.717) is 16.9 Å². The van der Waals surface area contributed by atoms with Crippen molar-refractivity contribution in [1.29, 1.82) is 0 Å². The highest BCUT2D eigenvalue weighted by Crippen LogP contribution is 2.36. The second kappa shape index (κ2) is 8.71. The van der Waals surface area contributed by atoms with E-state index in [-0.39, 0.29) is 18.1 Å². The molecule has 0 saturated carbocycles. The van der Waals surface area contributed by atoms with Gasteiger partial charge in [0, 0.05) is 10.5 Å². The van der Waals surface area contributed by atoms with Crippen molar-refractivity contribution in [3.63, 3.8) is 0 Å². The SMILES string of the molecule is CC(=O)c1ccccc1NC(=O)COC(=O)C[C@H]1Sc2ccccc2NC1=O. The van der Waals surface area contributed by atoms with Crippen molar-refractivity contribution in [2.45, 2.75) is 23.5 Å². The van der Waals surface area contributed by atoms with Crippen molar-refractivity contribution in [2.24, 2.45) is 0 Å². The second-order valence-corrected chi connectivity index (χ2v) is 7.35. The Morgan fingerprint density at radius 2 is 1.82 bits per heavy atom. The van der Waals surface area contributed by atoms with Gasteiger partial charge in [-0.3, -0.25) is 19.2 Å². The maximum absolute atomic E-state index is 12.1. The predicted molar refractivity (Wildman–Crippen MR) is 105 cm³/mol. The van der Waals surface area contributed by atoms with Crippen LogP contribution in [0.25, 0.3) is 0 Å². The molecule has 1 aliphatic rings. The zero-order chi connectivity index (χ0) is 20.1. The van der Waals surface area contributed by atoms with Gasteiger partial charge < -0.3 is 15.4 Å². The lowest BCUT2D eigenvalue weighted by Gasteiger charge is -2.23. The second-order valence-electron chi connectivity index (χ2n) is 6.11. The van der Waals surface area contributed by atoms with Crippen LogP contribution in [0.2, 0.25) is 0 Å². The van der Waals surface area contributed by atoms with Gasteiger partial charge in [0.25, 0.3) is 5.91 Å². The normalized spacial score (nSPS) is 15.2. The Balaban J connectivity index is 1.51. The van der Waals surface area contributed by atoms with Gasteiger partial charge in [0.1, 0.15) is 0 Å². The molecule has 8 heteroatoms. The van der Waals surface area contributed by atoms with Gasteiger partial charge >= 0.3 is 5.97 Å². The third kappa shape index (κ3) is 4.77. The Morgan fingerprint density at radius 1 is 1.11 bits per heavy atom. The standard InChI is InChI=1S/C20H18N2O5S/c1-12(23)13-6-2-3-7-14(13)21-18(24)11-27-19(25)10-17-20(26)22-15-8-4-5-9-16(15)28-17/h2-9,17H,10-11H2,1H3,(H,21,24)(H,22,26)/t17-/m1/s1. The highest BCUT2D eigenvalue weighted by molar-refractivity contribution is 8.01. The summed E-state index contributed by atoms with van der Waals surface area (Å²) in [4.78, 5) is 48.7. The third-order valence-corrected chi connectivity index (χ3v) is 5.28. The van der Waals surface area contributed by atoms with Gasteiger partial charge in [0.15, 0.2) is 12.4 Å². The summed E-state index contributed by atoms with van der Waals surface area (Å²) in [6, 6.07) is 13.9. The number of benzene rings is 2. The zero-order valence-electron chi connectivity index (χ0n) is 15.1. The first kappa shape index (κ1) is 19.6. The number of thioether (sulfide) groups is 1. The number of amides is 2. The summed E-state index contributed by atoms with van der Waals surface area (Å²) in [5, 5.41) is 4.68. The van der Waals surface area contributed by atoms with Crippen molar-refractivity contribution in [2.75, 3.05) is 17.2 Å². The third-order valence-electron chi connectivity index (χ3n) is 4.00. The maximum Gasteiger partial charge on any atom is 0.307 e. The number of Topliss-reactive ketones (excluding diaryl/α,β-unsaturated/α-hetero) is 1. The largest absolute Gasteiger partial charge is 0.456 e. The number of nitrogens with one attached hydrogen (secondary N) is 2. The van der Waals surface area contributed by atoms with Crippen molar-refractivity contribution < 1.29 is 23.9 Å². The molecule has 28 heavy (non-hydrogen) atoms. The Bertz CT molecular complexity index is 944. The first-order chi connectivity index (χ1) is 13.4. The fourth-order valence-electron chi connectivity index (χ4n) is 2.67. The minimum Gasteiger partial charge on any atom is -0.456 e. The van der Waals surface area contributed by atoms with Crippen LogP contribution in [-0.4, -0.2) is 35.4 Å². The smallest absolute Gasteiger partial charge is 0.307 e. The predicted octanol–water partition coefficient (Wildman–Crippen LogP) is 2.87. The molecular weight excluding hydrogens is 380 g/mol. The summed E-state index contributed by atoms with van der Waals surface area (Å²) >= 11 is 1.28. The van der Waals surface area contributed by atoms with Crippen LogP contribution in [0.5, 0.6) is 0 Å². The van der Waals surface area contributed by atoms with Crippen LogP contribution in [0.15, 0.2) is 53.4 Å². The number of carbonyl (C=O) groups is 4. The number of anilines is 2. The molecule has 0 bridgehead atoms. The van der Waals surface area contributed by atoms with E-state index in [1.54, 1.807) is 30.3 Å². The molecule has 0 aromatic heterocycles. The quantitative estimate of drug-likeness (QED) is 0.573. The maximum atomic E-state index is 12.1. The monoisotopic (exact) mass is 398 g/mol. The lowest BCUT2D eigenvalue weighted by Crippen LogP contribution is -2.32. The molecule has 2 amide bonds. The molecule has 1 aliphatic heterocycles. The van der Waals surface area contributed by atoms with Crippen molar-refractivity contribution >= 4 is 46.7 Å². The van der Waals surface area contributed by atoms with Crippen molar-refractivity contribution in [3.8, 4) is 0 Å². The fraction of sp³-hybridized carbons (Fsp3) is 0.200. The molecule has 0 aliphatic carbocycles. The lowest BCUT2D eigenvalue weighted by atomic mass is 10.1. The van der Waals surface area contributed by atoms with E-state index in [0.717, 1.165) is 4.90 Å². The average molecular weight is 398 g/mol. The van der Waals surface area contributed by atoms with Crippen LogP contribution in [0, 0.1) is 0 Å². The molecule has 0 unspecified atom stereocenters. The molecule has 0 saturated heterocycles. The highest BCUT2D eigenvalue weighted by atomic mass is 32.2. The molecule has 3 rings (SSSR count). The van der Waals surface area contributed by atoms with E-state index >= 15 is 0 Å². The summed E-state index contributed by atoms with van der Waals surface area (Å²) < 4.78 is 4.99. The molecule has 1 atom stereocenters. The molecule has 2 aromatic rings. The number of carbonyl (C=O) groups excluding carboxylic acids is 4. The zero-order valence-corrected chi connectivity index (χ0v) is 15.9. The molecule has 0 radical (unpaired) electrons. The van der Waals surface area contributed by atoms with Crippen molar-refractivity contribution in [1.82, 2.24) is 0 Å². The minimum atomic E-state index is -0.651. The van der Waals surface area contributed by atoms with Gasteiger partial charge in [-0.1, -0.05) is 24.3 Å². The average Bonchev–Trinajstić information content (AvgIpc) is 2.67. The topological polar surface area (TPSA) is 102 Å². The molecule has 1 heterocycles. The van der Waals surface area contributed by atoms with Gasteiger partial charge in [0.05, 0.1) is 23.0 Å². The number of hydrogen-bond acceptors (Lipinski definition) is 6. The van der Waals surface area contributed by atoms with E-state index in [1.807, 2.05) is 18.2 Å². The summed E-state index contributed by atoms with van der Waals surface area (Å²) in [6.07, 6.45) is -0.151. The fourth-order valence-corrected chi connectivity index (χ4v) is 3.76. The Hall–Kier alpha value is -3.13. The number of fused-ring (bicyclic) bond motifs is 1. The Kier molecular flexibility index (Phi) is 6.10. The molecule has 2 aromatic carbocycles. The van der Waals surface area contributed by atoms with E-state index in [9.17, 15) is 19.2 Å². The molecule has 144 valence electrons. The van der Waals surface area contributed by atoms with Gasteiger partial charge in [-0.15, -0.1) is 11.8 Å². The van der Waals surface area contributed by atoms with Crippen molar-refractivity contribution in [3.05, 3.63) is 54.1 Å². The van der Waals surface area contributed by atoms with Gasteiger partial charge in [-0.05, 0) is 31.2 Å². The van der Waals surface area contributed by atoms with Crippen LogP contribution in [0.3, 0.4) is 0 Å². The summed E-state index contributed by atoms with van der Waals surface area (Å²) in [5.74, 6) is -1.68. The number of hydrogen-bond donors (Lipinski definition) is 2. The van der Waals surface area contributed by atoms with Crippen LogP contribution in [0.1, 0.15) is 23.7 Å². The highest BCUT2D eigenvalue weighted by Gasteiger charge is 2.29.